The van der Waals surface area contributed by atoms with Crippen molar-refractivity contribution in [2.45, 2.75) is 18.9 Å². The van der Waals surface area contributed by atoms with Gasteiger partial charge in [-0.1, -0.05) is 12.2 Å². The van der Waals surface area contributed by atoms with Gasteiger partial charge in [0, 0.05) is 18.4 Å². The Morgan fingerprint density at radius 3 is 2.92 bits per heavy atom. The summed E-state index contributed by atoms with van der Waals surface area (Å²) >= 11 is 0. The minimum atomic E-state index is 0.577. The zero-order valence-corrected chi connectivity index (χ0v) is 7.61. The highest BCUT2D eigenvalue weighted by Crippen LogP contribution is 2.08. The lowest BCUT2D eigenvalue weighted by Gasteiger charge is -2.01. The normalized spacial score (nSPS) is 22.6. The van der Waals surface area contributed by atoms with Crippen LogP contribution in [0.5, 0.6) is 0 Å². The monoisotopic (exact) mass is 174 g/mol. The minimum Gasteiger partial charge on any atom is -0.311 e. The van der Waals surface area contributed by atoms with Gasteiger partial charge in [-0.15, -0.1) is 0 Å². The van der Waals surface area contributed by atoms with Crippen LogP contribution in [0.15, 0.2) is 30.6 Å². The molecule has 68 valence electrons. The lowest BCUT2D eigenvalue weighted by Crippen LogP contribution is -2.17. The van der Waals surface area contributed by atoms with E-state index in [2.05, 4.69) is 22.5 Å². The molecule has 1 aromatic rings. The van der Waals surface area contributed by atoms with Crippen LogP contribution in [0.2, 0.25) is 0 Å². The van der Waals surface area contributed by atoms with Gasteiger partial charge in [-0.05, 0) is 37.1 Å². The Hall–Kier alpha value is -1.15. The number of aromatic nitrogens is 1. The first-order chi connectivity index (χ1) is 6.45. The fourth-order valence-corrected chi connectivity index (χ4v) is 1.58. The van der Waals surface area contributed by atoms with E-state index in [9.17, 15) is 0 Å². The molecule has 13 heavy (non-hydrogen) atoms. The molecule has 1 fully saturated rings. The Bertz CT molecular complexity index is 273. The zero-order valence-electron chi connectivity index (χ0n) is 7.61. The van der Waals surface area contributed by atoms with E-state index in [4.69, 9.17) is 0 Å². The Balaban J connectivity index is 1.97. The summed E-state index contributed by atoms with van der Waals surface area (Å²) in [6.45, 7) is 1.16. The first-order valence-electron chi connectivity index (χ1n) is 4.77. The molecule has 0 aromatic carbocycles. The van der Waals surface area contributed by atoms with Crippen LogP contribution in [0.3, 0.4) is 0 Å². The zero-order chi connectivity index (χ0) is 8.93. The van der Waals surface area contributed by atoms with Crippen LogP contribution in [0.4, 0.5) is 0 Å². The number of rotatable bonds is 2. The van der Waals surface area contributed by atoms with Gasteiger partial charge in [0.05, 0.1) is 0 Å². The third kappa shape index (κ3) is 2.39. The quantitative estimate of drug-likeness (QED) is 0.740. The van der Waals surface area contributed by atoms with Crippen molar-refractivity contribution in [3.63, 3.8) is 0 Å². The Kier molecular flexibility index (Phi) is 2.72. The van der Waals surface area contributed by atoms with Crippen molar-refractivity contribution in [2.75, 3.05) is 6.54 Å². The second kappa shape index (κ2) is 4.19. The number of pyridine rings is 1. The molecule has 1 N–H and O–H groups in total. The number of nitrogens with zero attached hydrogens (tertiary/aromatic N) is 1. The molecular formula is C11H14N2. The Morgan fingerprint density at radius 2 is 2.23 bits per heavy atom. The molecule has 0 bridgehead atoms. The fraction of sp³-hybridized carbons (Fsp3) is 0.364. The molecular weight excluding hydrogens is 160 g/mol. The maximum atomic E-state index is 3.98. The summed E-state index contributed by atoms with van der Waals surface area (Å²) in [5.41, 5.74) is 1.23. The topological polar surface area (TPSA) is 24.9 Å². The van der Waals surface area contributed by atoms with Crippen molar-refractivity contribution in [1.82, 2.24) is 10.3 Å². The largest absolute Gasteiger partial charge is 0.311 e. The average molecular weight is 174 g/mol. The number of hydrogen-bond donors (Lipinski definition) is 1. The molecule has 2 heterocycles. The summed E-state index contributed by atoms with van der Waals surface area (Å²) < 4.78 is 0. The van der Waals surface area contributed by atoms with Gasteiger partial charge in [0.25, 0.3) is 0 Å². The SMILES string of the molecule is C(=C\C1CCCN1)/c1ccncc1. The summed E-state index contributed by atoms with van der Waals surface area (Å²) in [7, 11) is 0. The molecule has 2 heteroatoms. The highest BCUT2D eigenvalue weighted by atomic mass is 14.9. The standard InChI is InChI=1S/C11H14N2/c1-2-11(13-7-1)4-3-10-5-8-12-9-6-10/h3-6,8-9,11,13H,1-2,7H2/b4-3+. The van der Waals surface area contributed by atoms with Gasteiger partial charge in [0.1, 0.15) is 0 Å². The van der Waals surface area contributed by atoms with E-state index < -0.39 is 0 Å². The molecule has 0 spiro atoms. The van der Waals surface area contributed by atoms with E-state index in [1.807, 2.05) is 24.5 Å². The third-order valence-electron chi connectivity index (χ3n) is 2.33. The maximum absolute atomic E-state index is 3.98. The second-order valence-electron chi connectivity index (χ2n) is 3.34. The first kappa shape index (κ1) is 8.45. The molecule has 0 saturated carbocycles. The lowest BCUT2D eigenvalue weighted by atomic mass is 10.2. The fourth-order valence-electron chi connectivity index (χ4n) is 1.58. The van der Waals surface area contributed by atoms with Gasteiger partial charge in [0.15, 0.2) is 0 Å². The van der Waals surface area contributed by atoms with Crippen molar-refractivity contribution in [1.29, 1.82) is 0 Å². The van der Waals surface area contributed by atoms with E-state index in [0.717, 1.165) is 6.54 Å². The highest BCUT2D eigenvalue weighted by Gasteiger charge is 2.09. The van der Waals surface area contributed by atoms with Gasteiger partial charge in [0.2, 0.25) is 0 Å². The average Bonchev–Trinajstić information content (AvgIpc) is 2.69. The van der Waals surface area contributed by atoms with Crippen molar-refractivity contribution in [3.05, 3.63) is 36.2 Å². The van der Waals surface area contributed by atoms with Crippen molar-refractivity contribution >= 4 is 6.08 Å². The molecule has 0 radical (unpaired) electrons. The molecule has 0 aliphatic carbocycles. The number of hydrogen-bond acceptors (Lipinski definition) is 2. The minimum absolute atomic E-state index is 0.577. The predicted molar refractivity (Wildman–Crippen MR) is 54.3 cm³/mol. The third-order valence-corrected chi connectivity index (χ3v) is 2.33. The predicted octanol–water partition coefficient (Wildman–Crippen LogP) is 1.85. The van der Waals surface area contributed by atoms with Gasteiger partial charge in [-0.25, -0.2) is 0 Å². The van der Waals surface area contributed by atoms with Crippen LogP contribution >= 0.6 is 0 Å². The molecule has 1 aromatic heterocycles. The van der Waals surface area contributed by atoms with Gasteiger partial charge < -0.3 is 5.32 Å². The van der Waals surface area contributed by atoms with Crippen molar-refractivity contribution in [3.8, 4) is 0 Å². The van der Waals surface area contributed by atoms with Crippen LogP contribution in [-0.4, -0.2) is 17.6 Å². The Labute approximate surface area is 78.7 Å². The second-order valence-corrected chi connectivity index (χ2v) is 3.34. The van der Waals surface area contributed by atoms with Crippen LogP contribution in [0.1, 0.15) is 18.4 Å². The van der Waals surface area contributed by atoms with E-state index in [1.165, 1.54) is 18.4 Å². The highest BCUT2D eigenvalue weighted by molar-refractivity contribution is 5.48. The lowest BCUT2D eigenvalue weighted by molar-refractivity contribution is 0.730. The number of nitrogens with one attached hydrogen (secondary N) is 1. The summed E-state index contributed by atoms with van der Waals surface area (Å²) in [6, 6.07) is 4.62. The van der Waals surface area contributed by atoms with Crippen molar-refractivity contribution in [2.24, 2.45) is 0 Å². The van der Waals surface area contributed by atoms with Crippen LogP contribution in [0, 0.1) is 0 Å². The summed E-state index contributed by atoms with van der Waals surface area (Å²) in [5, 5.41) is 3.42. The van der Waals surface area contributed by atoms with E-state index in [0.29, 0.717) is 6.04 Å². The summed E-state index contributed by atoms with van der Waals surface area (Å²) in [4.78, 5) is 3.98. The van der Waals surface area contributed by atoms with Crippen LogP contribution < -0.4 is 5.32 Å². The molecule has 1 atom stereocenters. The smallest absolute Gasteiger partial charge is 0.0273 e. The van der Waals surface area contributed by atoms with E-state index >= 15 is 0 Å². The van der Waals surface area contributed by atoms with Crippen LogP contribution in [0.25, 0.3) is 6.08 Å². The molecule has 1 saturated heterocycles. The molecule has 2 rings (SSSR count). The van der Waals surface area contributed by atoms with Crippen molar-refractivity contribution < 1.29 is 0 Å². The molecule has 1 aliphatic rings. The molecule has 1 unspecified atom stereocenters. The first-order valence-corrected chi connectivity index (χ1v) is 4.77. The molecule has 2 nitrogen and oxygen atoms in total. The molecule has 0 amide bonds. The summed E-state index contributed by atoms with van der Waals surface area (Å²) in [6.07, 6.45) is 10.6. The summed E-state index contributed by atoms with van der Waals surface area (Å²) in [5.74, 6) is 0. The van der Waals surface area contributed by atoms with Gasteiger partial charge in [-0.2, -0.15) is 0 Å². The van der Waals surface area contributed by atoms with E-state index in [1.54, 1.807) is 0 Å². The maximum Gasteiger partial charge on any atom is 0.0273 e. The van der Waals surface area contributed by atoms with Crippen LogP contribution in [-0.2, 0) is 0 Å². The van der Waals surface area contributed by atoms with Gasteiger partial charge in [-0.3, -0.25) is 4.98 Å². The molecule has 1 aliphatic heterocycles. The Morgan fingerprint density at radius 1 is 1.38 bits per heavy atom. The van der Waals surface area contributed by atoms with Gasteiger partial charge >= 0.3 is 0 Å². The van der Waals surface area contributed by atoms with E-state index in [-0.39, 0.29) is 0 Å².